The van der Waals surface area contributed by atoms with Crippen LogP contribution in [-0.4, -0.2) is 63.2 Å². The Morgan fingerprint density at radius 1 is 0.923 bits per heavy atom. The van der Waals surface area contributed by atoms with Gasteiger partial charge in [-0.2, -0.15) is 0 Å². The summed E-state index contributed by atoms with van der Waals surface area (Å²) in [7, 11) is 0. The molecule has 2 unspecified atom stereocenters. The van der Waals surface area contributed by atoms with Crippen molar-refractivity contribution in [3.05, 3.63) is 47.4 Å². The minimum atomic E-state index is -1.10. The summed E-state index contributed by atoms with van der Waals surface area (Å²) >= 11 is 0. The third kappa shape index (κ3) is 2.44. The maximum Gasteiger partial charge on any atom is 0.188 e. The topological polar surface area (TPSA) is 88.8 Å². The van der Waals surface area contributed by atoms with E-state index in [0.29, 0.717) is 12.3 Å². The van der Waals surface area contributed by atoms with Crippen molar-refractivity contribution in [2.75, 3.05) is 0 Å². The third-order valence-corrected chi connectivity index (χ3v) is 12.4. The maximum atomic E-state index is 13.1. The van der Waals surface area contributed by atoms with E-state index >= 15 is 0 Å². The fraction of sp³-hybridized carbons (Fsp3) is 0.688. The van der Waals surface area contributed by atoms with E-state index in [0.717, 1.165) is 25.0 Å². The highest BCUT2D eigenvalue weighted by atomic mass is 16.8. The standard InChI is InChI=1S/C32H39NO6/c1-27(2)23-21(36-26(39-27)25-28(3,4)37-25)24-32(38-24)20(35-23)12-13-29(5)30(6)16(11-14-31(29,32)34)15-18-17-9-7-8-10-19(17)33-22(18)30/h7-10,12,16,21,23-26,33-34H,11,13-15H2,1-6H3/t16-,21+,23-,24+,25?,26-,29+,30+,31?,32-/m0/s1. The molecule has 4 aliphatic heterocycles. The number of aromatic amines is 1. The molecule has 7 aliphatic rings. The molecule has 1 aromatic carbocycles. The van der Waals surface area contributed by atoms with Gasteiger partial charge in [0.05, 0.1) is 5.60 Å². The van der Waals surface area contributed by atoms with Crippen molar-refractivity contribution < 1.29 is 28.8 Å². The largest absolute Gasteiger partial charge is 0.486 e. The van der Waals surface area contributed by atoms with Crippen molar-refractivity contribution in [1.82, 2.24) is 4.98 Å². The zero-order chi connectivity index (χ0) is 27.0. The highest BCUT2D eigenvalue weighted by Crippen LogP contribution is 2.75. The van der Waals surface area contributed by atoms with Gasteiger partial charge >= 0.3 is 0 Å². The number of aliphatic hydroxyl groups is 1. The van der Waals surface area contributed by atoms with E-state index in [1.165, 1.54) is 22.2 Å². The Kier molecular flexibility index (Phi) is 4.02. The monoisotopic (exact) mass is 533 g/mol. The van der Waals surface area contributed by atoms with Crippen molar-refractivity contribution in [2.24, 2.45) is 11.3 Å². The number of rotatable bonds is 1. The van der Waals surface area contributed by atoms with Crippen molar-refractivity contribution in [2.45, 2.75) is 126 Å². The molecule has 3 aliphatic carbocycles. The summed E-state index contributed by atoms with van der Waals surface area (Å²) in [5, 5.41) is 14.4. The van der Waals surface area contributed by atoms with Gasteiger partial charge in [0, 0.05) is 27.4 Å². The Balaban J connectivity index is 1.15. The first kappa shape index (κ1) is 23.8. The maximum absolute atomic E-state index is 13.1. The van der Waals surface area contributed by atoms with Gasteiger partial charge in [-0.1, -0.05) is 32.0 Å². The summed E-state index contributed by atoms with van der Waals surface area (Å²) in [6.07, 6.45) is 4.04. The van der Waals surface area contributed by atoms with Gasteiger partial charge in [-0.3, -0.25) is 0 Å². The van der Waals surface area contributed by atoms with Crippen LogP contribution < -0.4 is 0 Å². The lowest BCUT2D eigenvalue weighted by Crippen LogP contribution is -2.74. The van der Waals surface area contributed by atoms with E-state index in [-0.39, 0.29) is 35.4 Å². The molecule has 0 amide bonds. The molecular formula is C32H39NO6. The minimum absolute atomic E-state index is 0.127. The van der Waals surface area contributed by atoms with Crippen LogP contribution in [0.4, 0.5) is 0 Å². The molecule has 5 heterocycles. The second-order valence-corrected chi connectivity index (χ2v) is 14.8. The number of hydrogen-bond acceptors (Lipinski definition) is 6. The number of H-pyrrole nitrogens is 1. The molecule has 4 saturated heterocycles. The smallest absolute Gasteiger partial charge is 0.188 e. The third-order valence-electron chi connectivity index (χ3n) is 12.4. The molecule has 208 valence electrons. The molecular weight excluding hydrogens is 494 g/mol. The summed E-state index contributed by atoms with van der Waals surface area (Å²) in [5.74, 6) is 1.23. The summed E-state index contributed by atoms with van der Waals surface area (Å²) in [6.45, 7) is 12.9. The Labute approximate surface area is 229 Å². The lowest BCUT2D eigenvalue weighted by atomic mass is 9.42. The highest BCUT2D eigenvalue weighted by Gasteiger charge is 2.86. The van der Waals surface area contributed by atoms with Gasteiger partial charge in [-0.15, -0.1) is 0 Å². The summed E-state index contributed by atoms with van der Waals surface area (Å²) in [6, 6.07) is 8.62. The molecule has 7 heteroatoms. The number of hydrogen-bond donors (Lipinski definition) is 2. The SMILES string of the molecule is CC1(C)OC1[C@H]1O[C@H]2[C@H]3O[C@@]34C(=CC[C@@]3(C)C4(O)CC[C@H]4Cc5c([nH]c6ccccc56)[C@@]43C)O[C@@H]2C(C)(C)O1. The van der Waals surface area contributed by atoms with Gasteiger partial charge < -0.3 is 33.8 Å². The molecule has 7 nitrogen and oxygen atoms in total. The summed E-state index contributed by atoms with van der Waals surface area (Å²) in [5.41, 5.74) is 0.357. The number of aromatic nitrogens is 1. The van der Waals surface area contributed by atoms with E-state index in [1.807, 2.05) is 0 Å². The van der Waals surface area contributed by atoms with Crippen LogP contribution in [0.25, 0.3) is 10.9 Å². The fourth-order valence-corrected chi connectivity index (χ4v) is 9.88. The molecule has 1 aromatic heterocycles. The molecule has 39 heavy (non-hydrogen) atoms. The van der Waals surface area contributed by atoms with Gasteiger partial charge in [0.25, 0.3) is 0 Å². The molecule has 0 radical (unpaired) electrons. The van der Waals surface area contributed by atoms with E-state index in [9.17, 15) is 5.11 Å². The fourth-order valence-electron chi connectivity index (χ4n) is 9.88. The zero-order valence-corrected chi connectivity index (χ0v) is 23.7. The highest BCUT2D eigenvalue weighted by molar-refractivity contribution is 5.86. The quantitative estimate of drug-likeness (QED) is 0.519. The lowest BCUT2D eigenvalue weighted by molar-refractivity contribution is -0.332. The van der Waals surface area contributed by atoms with Gasteiger partial charge in [-0.05, 0) is 77.0 Å². The van der Waals surface area contributed by atoms with Crippen LogP contribution >= 0.6 is 0 Å². The van der Waals surface area contributed by atoms with Gasteiger partial charge in [0.2, 0.25) is 0 Å². The van der Waals surface area contributed by atoms with Crippen molar-refractivity contribution in [1.29, 1.82) is 0 Å². The van der Waals surface area contributed by atoms with Gasteiger partial charge in [0.1, 0.15) is 35.3 Å². The van der Waals surface area contributed by atoms with Gasteiger partial charge in [-0.25, -0.2) is 0 Å². The van der Waals surface area contributed by atoms with Gasteiger partial charge in [0.15, 0.2) is 18.0 Å². The van der Waals surface area contributed by atoms with Crippen LogP contribution in [-0.2, 0) is 35.5 Å². The second-order valence-electron chi connectivity index (χ2n) is 14.8. The van der Waals surface area contributed by atoms with Crippen molar-refractivity contribution >= 4 is 10.9 Å². The van der Waals surface area contributed by atoms with Crippen molar-refractivity contribution in [3.63, 3.8) is 0 Å². The number of para-hydroxylation sites is 1. The molecule has 0 bridgehead atoms. The predicted molar refractivity (Wildman–Crippen MR) is 143 cm³/mol. The molecule has 5 fully saturated rings. The van der Waals surface area contributed by atoms with Crippen LogP contribution in [0.1, 0.15) is 72.1 Å². The number of epoxide rings is 2. The van der Waals surface area contributed by atoms with Crippen LogP contribution in [0, 0.1) is 11.3 Å². The molecule has 2 aromatic rings. The second kappa shape index (κ2) is 6.60. The first-order valence-corrected chi connectivity index (χ1v) is 14.8. The summed E-state index contributed by atoms with van der Waals surface area (Å²) in [4.78, 5) is 3.82. The molecule has 1 spiro atoms. The van der Waals surface area contributed by atoms with E-state index < -0.39 is 28.5 Å². The summed E-state index contributed by atoms with van der Waals surface area (Å²) < 4.78 is 32.4. The van der Waals surface area contributed by atoms with Crippen LogP contribution in [0.3, 0.4) is 0 Å². The average molecular weight is 534 g/mol. The number of ether oxygens (including phenoxy) is 5. The van der Waals surface area contributed by atoms with E-state index in [1.54, 1.807) is 0 Å². The number of nitrogens with one attached hydrogen (secondary N) is 1. The zero-order valence-electron chi connectivity index (χ0n) is 23.7. The minimum Gasteiger partial charge on any atom is -0.486 e. The molecule has 10 atom stereocenters. The molecule has 9 rings (SSSR count). The lowest BCUT2D eigenvalue weighted by Gasteiger charge is -2.64. The van der Waals surface area contributed by atoms with Crippen LogP contribution in [0.2, 0.25) is 0 Å². The molecule has 2 N–H and O–H groups in total. The first-order chi connectivity index (χ1) is 18.4. The Morgan fingerprint density at radius 2 is 1.67 bits per heavy atom. The average Bonchev–Trinajstić information content (AvgIpc) is 3.71. The van der Waals surface area contributed by atoms with E-state index in [4.69, 9.17) is 23.7 Å². The number of fused-ring (bicyclic) bond motifs is 9. The number of allylic oxidation sites excluding steroid dienone is 1. The predicted octanol–water partition coefficient (Wildman–Crippen LogP) is 4.65. The van der Waals surface area contributed by atoms with Crippen LogP contribution in [0.5, 0.6) is 0 Å². The van der Waals surface area contributed by atoms with Crippen LogP contribution in [0.15, 0.2) is 36.1 Å². The Morgan fingerprint density at radius 3 is 2.44 bits per heavy atom. The Bertz CT molecular complexity index is 1480. The number of benzene rings is 1. The molecule has 1 saturated carbocycles. The van der Waals surface area contributed by atoms with E-state index in [2.05, 4.69) is 76.9 Å². The normalized spacial score (nSPS) is 51.3. The van der Waals surface area contributed by atoms with Crippen molar-refractivity contribution in [3.8, 4) is 0 Å². The Hall–Kier alpha value is -1.90. The first-order valence-electron chi connectivity index (χ1n) is 14.8.